The molecule has 168 valence electrons. The number of nitrogens with one attached hydrogen (secondary N) is 2. The summed E-state index contributed by atoms with van der Waals surface area (Å²) in [7, 11) is 0. The van der Waals surface area contributed by atoms with E-state index in [0.29, 0.717) is 28.9 Å². The number of amides is 2. The number of aromatic nitrogens is 3. The van der Waals surface area contributed by atoms with Crippen LogP contribution in [-0.2, 0) is 17.9 Å². The van der Waals surface area contributed by atoms with Crippen molar-refractivity contribution >= 4 is 17.3 Å². The summed E-state index contributed by atoms with van der Waals surface area (Å²) >= 11 is 0. The van der Waals surface area contributed by atoms with E-state index < -0.39 is 0 Å². The Morgan fingerprint density at radius 3 is 2.53 bits per heavy atom. The number of hydrogen-bond donors (Lipinski definition) is 2. The van der Waals surface area contributed by atoms with Crippen LogP contribution in [0.15, 0.2) is 41.5 Å². The number of fused-ring (bicyclic) bond motifs is 1. The van der Waals surface area contributed by atoms with Crippen molar-refractivity contribution in [3.05, 3.63) is 69.4 Å². The van der Waals surface area contributed by atoms with Crippen molar-refractivity contribution in [3.8, 4) is 0 Å². The van der Waals surface area contributed by atoms with Gasteiger partial charge >= 0.3 is 0 Å². The van der Waals surface area contributed by atoms with Crippen LogP contribution in [0, 0.1) is 13.8 Å². The van der Waals surface area contributed by atoms with Gasteiger partial charge in [0.1, 0.15) is 18.4 Å². The minimum Gasteiger partial charge on any atom is -0.352 e. The predicted molar refractivity (Wildman–Crippen MR) is 122 cm³/mol. The summed E-state index contributed by atoms with van der Waals surface area (Å²) in [6.07, 6.45) is 6.90. The summed E-state index contributed by atoms with van der Waals surface area (Å²) in [5, 5.41) is 10.1. The van der Waals surface area contributed by atoms with Gasteiger partial charge in [-0.25, -0.2) is 4.68 Å². The minimum absolute atomic E-state index is 0.134. The molecule has 0 spiro atoms. The van der Waals surface area contributed by atoms with Crippen LogP contribution in [-0.4, -0.2) is 32.0 Å². The molecule has 0 saturated heterocycles. The lowest BCUT2D eigenvalue weighted by molar-refractivity contribution is -0.122. The summed E-state index contributed by atoms with van der Waals surface area (Å²) in [5.41, 5.74) is 2.67. The standard InChI is InChI=1S/C24H29N5O3/c1-16-21(23(31)25-13-18-9-5-3-6-10-18)17(2)28-15-26-29(24(32)22(16)28)14-20(30)27-19-11-7-4-8-12-19/h3,5-6,9-10,15,19H,4,7-8,11-14H2,1-2H3,(H,25,31)(H,27,30). The molecule has 2 heterocycles. The number of aryl methyl sites for hydroxylation is 2. The van der Waals surface area contributed by atoms with Gasteiger partial charge in [0, 0.05) is 18.3 Å². The Hall–Kier alpha value is -3.42. The van der Waals surface area contributed by atoms with Crippen molar-refractivity contribution in [3.63, 3.8) is 0 Å². The van der Waals surface area contributed by atoms with Crippen LogP contribution in [0.2, 0.25) is 0 Å². The Morgan fingerprint density at radius 2 is 1.81 bits per heavy atom. The lowest BCUT2D eigenvalue weighted by Crippen LogP contribution is -2.40. The highest BCUT2D eigenvalue weighted by Gasteiger charge is 2.23. The number of benzene rings is 1. The monoisotopic (exact) mass is 435 g/mol. The molecule has 32 heavy (non-hydrogen) atoms. The molecule has 8 nitrogen and oxygen atoms in total. The second-order valence-corrected chi connectivity index (χ2v) is 8.47. The molecule has 1 aromatic carbocycles. The Balaban J connectivity index is 1.55. The minimum atomic E-state index is -0.381. The molecule has 0 atom stereocenters. The predicted octanol–water partition coefficient (Wildman–Crippen LogP) is 2.49. The third-order valence-electron chi connectivity index (χ3n) is 6.22. The number of carbonyl (C=O) groups is 2. The van der Waals surface area contributed by atoms with Gasteiger partial charge in [0.2, 0.25) is 5.91 Å². The molecule has 1 saturated carbocycles. The fourth-order valence-corrected chi connectivity index (χ4v) is 4.53. The fourth-order valence-electron chi connectivity index (χ4n) is 4.53. The maximum absolute atomic E-state index is 13.1. The smallest absolute Gasteiger partial charge is 0.291 e. The molecule has 2 N–H and O–H groups in total. The molecule has 0 radical (unpaired) electrons. The van der Waals surface area contributed by atoms with E-state index in [-0.39, 0.29) is 30.0 Å². The quantitative estimate of drug-likeness (QED) is 0.622. The summed E-state index contributed by atoms with van der Waals surface area (Å²) < 4.78 is 2.80. The highest BCUT2D eigenvalue weighted by atomic mass is 16.2. The maximum Gasteiger partial charge on any atom is 0.291 e. The zero-order valence-electron chi connectivity index (χ0n) is 18.6. The zero-order chi connectivity index (χ0) is 22.7. The van der Waals surface area contributed by atoms with Gasteiger partial charge in [0.15, 0.2) is 0 Å². The first kappa shape index (κ1) is 21.8. The second kappa shape index (κ2) is 9.38. The highest BCUT2D eigenvalue weighted by molar-refractivity contribution is 5.99. The number of carbonyl (C=O) groups excluding carboxylic acids is 2. The van der Waals surface area contributed by atoms with Crippen molar-refractivity contribution in [1.82, 2.24) is 24.8 Å². The summed E-state index contributed by atoms with van der Waals surface area (Å²) in [6, 6.07) is 9.82. The summed E-state index contributed by atoms with van der Waals surface area (Å²) in [5.74, 6) is -0.453. The lowest BCUT2D eigenvalue weighted by Gasteiger charge is -2.22. The van der Waals surface area contributed by atoms with Crippen LogP contribution in [0.4, 0.5) is 0 Å². The van der Waals surface area contributed by atoms with E-state index in [4.69, 9.17) is 0 Å². The first-order valence-electron chi connectivity index (χ1n) is 11.1. The third-order valence-corrected chi connectivity index (χ3v) is 6.22. The Bertz CT molecular complexity index is 1190. The molecule has 1 aliphatic rings. The van der Waals surface area contributed by atoms with Gasteiger partial charge in [-0.1, -0.05) is 49.6 Å². The van der Waals surface area contributed by atoms with Crippen LogP contribution >= 0.6 is 0 Å². The van der Waals surface area contributed by atoms with E-state index in [9.17, 15) is 14.4 Å². The third kappa shape index (κ3) is 4.44. The Morgan fingerprint density at radius 1 is 1.09 bits per heavy atom. The van der Waals surface area contributed by atoms with Crippen molar-refractivity contribution in [1.29, 1.82) is 0 Å². The fraction of sp³-hybridized carbons (Fsp3) is 0.417. The highest BCUT2D eigenvalue weighted by Crippen LogP contribution is 2.20. The topological polar surface area (TPSA) is 97.5 Å². The Kier molecular flexibility index (Phi) is 6.39. The van der Waals surface area contributed by atoms with Crippen LogP contribution in [0.5, 0.6) is 0 Å². The average Bonchev–Trinajstić information content (AvgIpc) is 3.05. The van der Waals surface area contributed by atoms with Crippen LogP contribution < -0.4 is 16.2 Å². The van der Waals surface area contributed by atoms with E-state index in [0.717, 1.165) is 31.2 Å². The molecular weight excluding hydrogens is 406 g/mol. The molecule has 1 aliphatic carbocycles. The molecule has 0 unspecified atom stereocenters. The second-order valence-electron chi connectivity index (χ2n) is 8.47. The van der Waals surface area contributed by atoms with Crippen molar-refractivity contribution < 1.29 is 9.59 Å². The molecule has 2 amide bonds. The normalized spacial score (nSPS) is 14.4. The average molecular weight is 436 g/mol. The van der Waals surface area contributed by atoms with E-state index >= 15 is 0 Å². The molecule has 0 aliphatic heterocycles. The Labute approximate surface area is 186 Å². The molecule has 2 aromatic heterocycles. The van der Waals surface area contributed by atoms with Gasteiger partial charge < -0.3 is 10.6 Å². The van der Waals surface area contributed by atoms with Crippen LogP contribution in [0.1, 0.15) is 59.3 Å². The van der Waals surface area contributed by atoms with E-state index in [2.05, 4.69) is 15.7 Å². The van der Waals surface area contributed by atoms with Crippen molar-refractivity contribution in [2.24, 2.45) is 0 Å². The van der Waals surface area contributed by atoms with Crippen molar-refractivity contribution in [2.75, 3.05) is 0 Å². The summed E-state index contributed by atoms with van der Waals surface area (Å²) in [6.45, 7) is 3.81. The molecule has 8 heteroatoms. The first-order valence-corrected chi connectivity index (χ1v) is 11.1. The van der Waals surface area contributed by atoms with Gasteiger partial charge in [0.05, 0.1) is 5.56 Å². The molecule has 3 aromatic rings. The van der Waals surface area contributed by atoms with E-state index in [1.807, 2.05) is 30.3 Å². The first-order chi connectivity index (χ1) is 15.5. The van der Waals surface area contributed by atoms with Crippen molar-refractivity contribution in [2.45, 2.75) is 65.1 Å². The van der Waals surface area contributed by atoms with Gasteiger partial charge in [-0.05, 0) is 37.8 Å². The number of hydrogen-bond acceptors (Lipinski definition) is 4. The zero-order valence-corrected chi connectivity index (χ0v) is 18.6. The van der Waals surface area contributed by atoms with E-state index in [1.54, 1.807) is 18.2 Å². The largest absolute Gasteiger partial charge is 0.352 e. The maximum atomic E-state index is 13.1. The van der Waals surface area contributed by atoms with Gasteiger partial charge in [0.25, 0.3) is 11.5 Å². The van der Waals surface area contributed by atoms with Crippen LogP contribution in [0.3, 0.4) is 0 Å². The molecule has 4 rings (SSSR count). The summed E-state index contributed by atoms with van der Waals surface area (Å²) in [4.78, 5) is 38.5. The SMILES string of the molecule is Cc1c(C(=O)NCc2ccccc2)c(C)n2cnn(CC(=O)NC3CCCCC3)c(=O)c12. The molecule has 0 bridgehead atoms. The van der Waals surface area contributed by atoms with E-state index in [1.165, 1.54) is 17.4 Å². The number of nitrogens with zero attached hydrogens (tertiary/aromatic N) is 3. The van der Waals surface area contributed by atoms with Gasteiger partial charge in [-0.15, -0.1) is 0 Å². The van der Waals surface area contributed by atoms with Crippen LogP contribution in [0.25, 0.3) is 5.52 Å². The molecular formula is C24H29N5O3. The molecule has 1 fully saturated rings. The van der Waals surface area contributed by atoms with Gasteiger partial charge in [-0.2, -0.15) is 5.10 Å². The van der Waals surface area contributed by atoms with Gasteiger partial charge in [-0.3, -0.25) is 18.8 Å². The number of rotatable bonds is 6. The lowest BCUT2D eigenvalue weighted by atomic mass is 9.95.